The smallest absolute Gasteiger partial charge is 0.356 e. The van der Waals surface area contributed by atoms with Crippen molar-refractivity contribution < 1.29 is 24.2 Å². The van der Waals surface area contributed by atoms with E-state index in [4.69, 9.17) is 5.11 Å². The highest BCUT2D eigenvalue weighted by Gasteiger charge is 2.17. The summed E-state index contributed by atoms with van der Waals surface area (Å²) in [5.41, 5.74) is -0.0949. The predicted molar refractivity (Wildman–Crippen MR) is 77.4 cm³/mol. The first-order valence-electron chi connectivity index (χ1n) is 7.08. The Morgan fingerprint density at radius 2 is 2.09 bits per heavy atom. The fourth-order valence-corrected chi connectivity index (χ4v) is 1.82. The fourth-order valence-electron chi connectivity index (χ4n) is 1.82. The van der Waals surface area contributed by atoms with Gasteiger partial charge in [-0.25, -0.2) is 4.79 Å². The third-order valence-electron chi connectivity index (χ3n) is 3.19. The van der Waals surface area contributed by atoms with Crippen LogP contribution in [0.5, 0.6) is 0 Å². The predicted octanol–water partition coefficient (Wildman–Crippen LogP) is 0.992. The van der Waals surface area contributed by atoms with Crippen molar-refractivity contribution in [2.24, 2.45) is 0 Å². The molecule has 1 atom stereocenters. The summed E-state index contributed by atoms with van der Waals surface area (Å²) in [7, 11) is 1.36. The highest BCUT2D eigenvalue weighted by Crippen LogP contribution is 2.06. The normalized spacial score (nSPS) is 11.7. The first-order chi connectivity index (χ1) is 10.5. The summed E-state index contributed by atoms with van der Waals surface area (Å²) in [6.45, 7) is 2.14. The number of carbonyl (C=O) groups is 3. The van der Waals surface area contributed by atoms with Crippen molar-refractivity contribution in [2.75, 3.05) is 13.7 Å². The molecule has 0 spiro atoms. The van der Waals surface area contributed by atoms with Gasteiger partial charge < -0.3 is 15.2 Å². The topological polar surface area (TPSA) is 111 Å². The number of carbonyl (C=O) groups excluding carboxylic acids is 2. The van der Waals surface area contributed by atoms with Crippen LogP contribution in [0.2, 0.25) is 0 Å². The van der Waals surface area contributed by atoms with Crippen molar-refractivity contribution in [3.8, 4) is 0 Å². The van der Waals surface area contributed by atoms with Crippen LogP contribution in [0.15, 0.2) is 12.3 Å². The molecule has 1 amide bonds. The van der Waals surface area contributed by atoms with Gasteiger partial charge in [-0.15, -0.1) is 0 Å². The van der Waals surface area contributed by atoms with E-state index in [1.165, 1.54) is 24.1 Å². The molecular formula is C14H21N3O5. The lowest BCUT2D eigenvalue weighted by Gasteiger charge is -2.12. The fraction of sp³-hybridized carbons (Fsp3) is 0.571. The molecule has 0 aliphatic rings. The van der Waals surface area contributed by atoms with Gasteiger partial charge >= 0.3 is 11.9 Å². The molecule has 0 aliphatic heterocycles. The molecule has 1 heterocycles. The minimum absolute atomic E-state index is 0.0949. The maximum Gasteiger partial charge on any atom is 0.356 e. The van der Waals surface area contributed by atoms with Crippen molar-refractivity contribution in [1.82, 2.24) is 15.1 Å². The molecule has 2 N–H and O–H groups in total. The monoisotopic (exact) mass is 311 g/mol. The number of aromatic carboxylic acids is 1. The summed E-state index contributed by atoms with van der Waals surface area (Å²) < 4.78 is 5.85. The van der Waals surface area contributed by atoms with Crippen LogP contribution in [0, 0.1) is 0 Å². The zero-order valence-electron chi connectivity index (χ0n) is 12.7. The van der Waals surface area contributed by atoms with Crippen LogP contribution in [0.1, 0.15) is 49.1 Å². The van der Waals surface area contributed by atoms with E-state index < -0.39 is 12.0 Å². The number of methoxy groups -OCH3 is 1. The molecule has 1 aromatic rings. The first kappa shape index (κ1) is 17.7. The average molecular weight is 311 g/mol. The van der Waals surface area contributed by atoms with E-state index in [9.17, 15) is 14.4 Å². The molecule has 0 fully saturated rings. The zero-order chi connectivity index (χ0) is 16.5. The van der Waals surface area contributed by atoms with Crippen LogP contribution in [-0.4, -0.2) is 46.4 Å². The highest BCUT2D eigenvalue weighted by atomic mass is 16.5. The number of esters is 1. The maximum atomic E-state index is 11.9. The Balaban J connectivity index is 2.26. The van der Waals surface area contributed by atoms with E-state index >= 15 is 0 Å². The number of nitrogens with zero attached hydrogens (tertiary/aromatic N) is 2. The van der Waals surface area contributed by atoms with E-state index in [1.807, 2.05) is 0 Å². The van der Waals surface area contributed by atoms with E-state index in [-0.39, 0.29) is 17.6 Å². The first-order valence-corrected chi connectivity index (χ1v) is 7.08. The molecule has 0 saturated heterocycles. The average Bonchev–Trinajstić information content (AvgIpc) is 2.99. The Bertz CT molecular complexity index is 526. The molecule has 1 rings (SSSR count). The number of ether oxygens (including phenoxy) is 1. The Hall–Kier alpha value is -2.38. The van der Waals surface area contributed by atoms with Gasteiger partial charge in [0.25, 0.3) is 0 Å². The summed E-state index contributed by atoms with van der Waals surface area (Å²) in [4.78, 5) is 33.6. The largest absolute Gasteiger partial charge is 0.476 e. The van der Waals surface area contributed by atoms with Crippen molar-refractivity contribution in [1.29, 1.82) is 0 Å². The minimum atomic E-state index is -1.13. The lowest BCUT2D eigenvalue weighted by Crippen LogP contribution is -2.32. The second-order valence-electron chi connectivity index (χ2n) is 4.84. The van der Waals surface area contributed by atoms with Crippen LogP contribution in [-0.2, 0) is 14.3 Å². The van der Waals surface area contributed by atoms with Gasteiger partial charge in [0.15, 0.2) is 5.69 Å². The van der Waals surface area contributed by atoms with Gasteiger partial charge in [0, 0.05) is 19.2 Å². The van der Waals surface area contributed by atoms with Gasteiger partial charge in [-0.3, -0.25) is 14.3 Å². The molecule has 1 aromatic heterocycles. The number of nitrogens with one attached hydrogen (secondary N) is 1. The minimum Gasteiger partial charge on any atom is -0.476 e. The molecule has 122 valence electrons. The van der Waals surface area contributed by atoms with Gasteiger partial charge in [0.05, 0.1) is 7.11 Å². The number of carboxylic acids is 1. The lowest BCUT2D eigenvalue weighted by atomic mass is 10.2. The van der Waals surface area contributed by atoms with E-state index in [1.54, 1.807) is 6.92 Å². The van der Waals surface area contributed by atoms with E-state index in [2.05, 4.69) is 15.2 Å². The van der Waals surface area contributed by atoms with Crippen molar-refractivity contribution in [2.45, 2.75) is 38.6 Å². The van der Waals surface area contributed by atoms with Crippen LogP contribution in [0.4, 0.5) is 0 Å². The van der Waals surface area contributed by atoms with Gasteiger partial charge in [0.1, 0.15) is 6.04 Å². The SMILES string of the molecule is COC(=O)CCCCCNC(=O)C(C)n1ccc(C(=O)O)n1. The Labute approximate surface area is 128 Å². The molecule has 0 bridgehead atoms. The third-order valence-corrected chi connectivity index (χ3v) is 3.19. The molecule has 1 unspecified atom stereocenters. The zero-order valence-corrected chi connectivity index (χ0v) is 12.7. The second kappa shape index (κ2) is 8.81. The van der Waals surface area contributed by atoms with Crippen LogP contribution in [0.25, 0.3) is 0 Å². The maximum absolute atomic E-state index is 11.9. The number of hydrogen-bond donors (Lipinski definition) is 2. The van der Waals surface area contributed by atoms with Crippen LogP contribution < -0.4 is 5.32 Å². The summed E-state index contributed by atoms with van der Waals surface area (Å²) in [6, 6.07) is 0.766. The summed E-state index contributed by atoms with van der Waals surface area (Å²) in [6.07, 6.45) is 4.14. The second-order valence-corrected chi connectivity index (χ2v) is 4.84. The molecule has 0 saturated carbocycles. The van der Waals surface area contributed by atoms with Crippen molar-refractivity contribution in [3.63, 3.8) is 0 Å². The quantitative estimate of drug-likeness (QED) is 0.520. The molecule has 8 heteroatoms. The van der Waals surface area contributed by atoms with Gasteiger partial charge in [-0.1, -0.05) is 6.42 Å². The van der Waals surface area contributed by atoms with Crippen LogP contribution >= 0.6 is 0 Å². The lowest BCUT2D eigenvalue weighted by molar-refractivity contribution is -0.140. The number of aromatic nitrogens is 2. The molecule has 0 radical (unpaired) electrons. The number of carboxylic acid groups (broad SMARTS) is 1. The van der Waals surface area contributed by atoms with Crippen molar-refractivity contribution >= 4 is 17.8 Å². The summed E-state index contributed by atoms with van der Waals surface area (Å²) >= 11 is 0. The number of hydrogen-bond acceptors (Lipinski definition) is 5. The number of rotatable bonds is 9. The van der Waals surface area contributed by atoms with E-state index in [0.717, 1.165) is 19.3 Å². The van der Waals surface area contributed by atoms with Gasteiger partial charge in [0.2, 0.25) is 5.91 Å². The molecule has 0 aromatic carbocycles. The standard InChI is InChI=1S/C14H21N3O5/c1-10(17-9-7-11(16-17)14(20)21)13(19)15-8-5-3-4-6-12(18)22-2/h7,9-10H,3-6,8H2,1-2H3,(H,15,19)(H,20,21). The Morgan fingerprint density at radius 3 is 2.68 bits per heavy atom. The number of amides is 1. The molecule has 22 heavy (non-hydrogen) atoms. The Morgan fingerprint density at radius 1 is 1.36 bits per heavy atom. The number of unbranched alkanes of at least 4 members (excludes halogenated alkanes) is 2. The van der Waals surface area contributed by atoms with Gasteiger partial charge in [-0.05, 0) is 25.8 Å². The van der Waals surface area contributed by atoms with Gasteiger partial charge in [-0.2, -0.15) is 5.10 Å². The molecule has 0 aliphatic carbocycles. The third kappa shape index (κ3) is 5.55. The molecule has 8 nitrogen and oxygen atoms in total. The highest BCUT2D eigenvalue weighted by molar-refractivity contribution is 5.85. The van der Waals surface area contributed by atoms with E-state index in [0.29, 0.717) is 13.0 Å². The summed E-state index contributed by atoms with van der Waals surface area (Å²) in [5, 5.41) is 15.4. The summed E-state index contributed by atoms with van der Waals surface area (Å²) in [5.74, 6) is -1.59. The molecular weight excluding hydrogens is 290 g/mol. The van der Waals surface area contributed by atoms with Crippen molar-refractivity contribution in [3.05, 3.63) is 18.0 Å². The Kier molecular flexibility index (Phi) is 7.07. The van der Waals surface area contributed by atoms with Crippen LogP contribution in [0.3, 0.4) is 0 Å².